The SMILES string of the molecule is O=C1CC(CS)CN1c1cc(Cl)ccc1I. The summed E-state index contributed by atoms with van der Waals surface area (Å²) in [6, 6.07) is 5.62. The summed E-state index contributed by atoms with van der Waals surface area (Å²) in [6.45, 7) is 0.749. The molecule has 2 nitrogen and oxygen atoms in total. The molecule has 0 aromatic heterocycles. The molecule has 1 saturated heterocycles. The maximum atomic E-state index is 11.9. The number of halogens is 2. The van der Waals surface area contributed by atoms with E-state index in [9.17, 15) is 4.79 Å². The van der Waals surface area contributed by atoms with Crippen LogP contribution in [0.25, 0.3) is 0 Å². The molecule has 1 fully saturated rings. The van der Waals surface area contributed by atoms with Gasteiger partial charge in [0, 0.05) is 21.6 Å². The van der Waals surface area contributed by atoms with Gasteiger partial charge in [0.1, 0.15) is 0 Å². The summed E-state index contributed by atoms with van der Waals surface area (Å²) in [7, 11) is 0. The van der Waals surface area contributed by atoms with E-state index in [1.54, 1.807) is 0 Å². The Hall–Kier alpha value is 0.0600. The molecule has 1 heterocycles. The van der Waals surface area contributed by atoms with Gasteiger partial charge in [0.2, 0.25) is 5.91 Å². The molecule has 2 rings (SSSR count). The van der Waals surface area contributed by atoms with Gasteiger partial charge in [0.25, 0.3) is 0 Å². The third-order valence-corrected chi connectivity index (χ3v) is 4.33. The van der Waals surface area contributed by atoms with Crippen LogP contribution in [0.2, 0.25) is 5.02 Å². The number of carbonyl (C=O) groups is 1. The highest BCUT2D eigenvalue weighted by Crippen LogP contribution is 2.31. The Balaban J connectivity index is 2.30. The van der Waals surface area contributed by atoms with Crippen molar-refractivity contribution < 1.29 is 4.79 Å². The molecule has 1 unspecified atom stereocenters. The van der Waals surface area contributed by atoms with Crippen molar-refractivity contribution in [2.45, 2.75) is 6.42 Å². The van der Waals surface area contributed by atoms with Crippen LogP contribution in [0, 0.1) is 9.49 Å². The second-order valence-electron chi connectivity index (χ2n) is 3.85. The predicted molar refractivity (Wildman–Crippen MR) is 78.5 cm³/mol. The van der Waals surface area contributed by atoms with Gasteiger partial charge in [-0.1, -0.05) is 11.6 Å². The van der Waals surface area contributed by atoms with Gasteiger partial charge in [0.15, 0.2) is 0 Å². The Labute approximate surface area is 119 Å². The molecule has 1 atom stereocenters. The fraction of sp³-hybridized carbons (Fsp3) is 0.364. The molecule has 0 spiro atoms. The number of hydrogen-bond donors (Lipinski definition) is 1. The lowest BCUT2D eigenvalue weighted by Crippen LogP contribution is -2.25. The van der Waals surface area contributed by atoms with Crippen molar-refractivity contribution in [1.82, 2.24) is 0 Å². The molecule has 1 aliphatic heterocycles. The van der Waals surface area contributed by atoms with Crippen LogP contribution in [-0.4, -0.2) is 18.2 Å². The molecule has 0 aliphatic carbocycles. The zero-order valence-electron chi connectivity index (χ0n) is 8.49. The van der Waals surface area contributed by atoms with Crippen LogP contribution >= 0.6 is 46.8 Å². The quantitative estimate of drug-likeness (QED) is 0.628. The van der Waals surface area contributed by atoms with E-state index in [0.29, 0.717) is 17.4 Å². The Morgan fingerprint density at radius 3 is 2.94 bits per heavy atom. The third kappa shape index (κ3) is 2.49. The minimum atomic E-state index is 0.166. The van der Waals surface area contributed by atoms with Gasteiger partial charge >= 0.3 is 0 Å². The minimum absolute atomic E-state index is 0.166. The van der Waals surface area contributed by atoms with Gasteiger partial charge in [-0.05, 0) is 52.5 Å². The topological polar surface area (TPSA) is 20.3 Å². The van der Waals surface area contributed by atoms with Gasteiger partial charge in [-0.2, -0.15) is 12.6 Å². The van der Waals surface area contributed by atoms with E-state index < -0.39 is 0 Å². The van der Waals surface area contributed by atoms with Crippen molar-refractivity contribution in [2.75, 3.05) is 17.2 Å². The molecule has 5 heteroatoms. The highest BCUT2D eigenvalue weighted by atomic mass is 127. The van der Waals surface area contributed by atoms with Crippen molar-refractivity contribution in [3.05, 3.63) is 26.8 Å². The molecule has 86 valence electrons. The second-order valence-corrected chi connectivity index (χ2v) is 5.82. The second kappa shape index (κ2) is 5.14. The summed E-state index contributed by atoms with van der Waals surface area (Å²) in [5.41, 5.74) is 0.919. The summed E-state index contributed by atoms with van der Waals surface area (Å²) >= 11 is 12.4. The summed E-state index contributed by atoms with van der Waals surface area (Å²) in [6.07, 6.45) is 0.589. The highest BCUT2D eigenvalue weighted by Gasteiger charge is 2.30. The van der Waals surface area contributed by atoms with Gasteiger partial charge in [0.05, 0.1) is 5.69 Å². The number of thiol groups is 1. The zero-order chi connectivity index (χ0) is 11.7. The van der Waals surface area contributed by atoms with Crippen LogP contribution in [0.4, 0.5) is 5.69 Å². The minimum Gasteiger partial charge on any atom is -0.311 e. The first-order valence-electron chi connectivity index (χ1n) is 4.98. The van der Waals surface area contributed by atoms with E-state index in [4.69, 9.17) is 11.6 Å². The van der Waals surface area contributed by atoms with Gasteiger partial charge < -0.3 is 4.90 Å². The average Bonchev–Trinajstić information content (AvgIpc) is 2.63. The van der Waals surface area contributed by atoms with Crippen LogP contribution in [-0.2, 0) is 4.79 Å². The molecule has 0 saturated carbocycles. The number of anilines is 1. The number of carbonyl (C=O) groups excluding carboxylic acids is 1. The normalized spacial score (nSPS) is 20.6. The van der Waals surface area contributed by atoms with E-state index >= 15 is 0 Å². The summed E-state index contributed by atoms with van der Waals surface area (Å²) in [4.78, 5) is 13.7. The first kappa shape index (κ1) is 12.5. The Kier molecular flexibility index (Phi) is 4.02. The van der Waals surface area contributed by atoms with Crippen LogP contribution in [0.5, 0.6) is 0 Å². The van der Waals surface area contributed by atoms with Crippen LogP contribution in [0.3, 0.4) is 0 Å². The first-order valence-corrected chi connectivity index (χ1v) is 7.07. The van der Waals surface area contributed by atoms with E-state index in [0.717, 1.165) is 21.6 Å². The van der Waals surface area contributed by atoms with E-state index in [1.165, 1.54) is 0 Å². The number of nitrogens with zero attached hydrogens (tertiary/aromatic N) is 1. The zero-order valence-corrected chi connectivity index (χ0v) is 12.3. The summed E-state index contributed by atoms with van der Waals surface area (Å²) in [5, 5.41) is 0.664. The third-order valence-electron chi connectivity index (χ3n) is 2.66. The Morgan fingerprint density at radius 1 is 1.56 bits per heavy atom. The van der Waals surface area contributed by atoms with Gasteiger partial charge in [-0.15, -0.1) is 0 Å². The van der Waals surface area contributed by atoms with E-state index in [2.05, 4.69) is 35.2 Å². The maximum Gasteiger partial charge on any atom is 0.227 e. The Bertz CT molecular complexity index is 426. The molecule has 16 heavy (non-hydrogen) atoms. The number of rotatable bonds is 2. The molecule has 1 amide bonds. The number of hydrogen-bond acceptors (Lipinski definition) is 2. The molecule has 0 bridgehead atoms. The highest BCUT2D eigenvalue weighted by molar-refractivity contribution is 14.1. The van der Waals surface area contributed by atoms with Crippen LogP contribution in [0.1, 0.15) is 6.42 Å². The lowest BCUT2D eigenvalue weighted by atomic mass is 10.1. The largest absolute Gasteiger partial charge is 0.311 e. The smallest absolute Gasteiger partial charge is 0.227 e. The van der Waals surface area contributed by atoms with Crippen molar-refractivity contribution >= 4 is 58.4 Å². The molecular weight excluding hydrogens is 357 g/mol. The average molecular weight is 368 g/mol. The molecular formula is C11H11ClINOS. The van der Waals surface area contributed by atoms with Crippen molar-refractivity contribution in [3.8, 4) is 0 Å². The fourth-order valence-electron chi connectivity index (χ4n) is 1.83. The van der Waals surface area contributed by atoms with Gasteiger partial charge in [-0.3, -0.25) is 4.79 Å². The first-order chi connectivity index (χ1) is 7.61. The van der Waals surface area contributed by atoms with Crippen molar-refractivity contribution in [2.24, 2.45) is 5.92 Å². The van der Waals surface area contributed by atoms with E-state index in [-0.39, 0.29) is 5.91 Å². The van der Waals surface area contributed by atoms with Crippen molar-refractivity contribution in [1.29, 1.82) is 0 Å². The lowest BCUT2D eigenvalue weighted by molar-refractivity contribution is -0.117. The predicted octanol–water partition coefficient (Wildman–Crippen LogP) is 3.23. The lowest BCUT2D eigenvalue weighted by Gasteiger charge is -2.18. The molecule has 0 radical (unpaired) electrons. The number of benzene rings is 1. The fourth-order valence-corrected chi connectivity index (χ4v) is 2.87. The summed E-state index contributed by atoms with van der Waals surface area (Å²) in [5.74, 6) is 1.27. The molecule has 0 N–H and O–H groups in total. The molecule has 1 aromatic rings. The van der Waals surface area contributed by atoms with E-state index in [1.807, 2.05) is 23.1 Å². The van der Waals surface area contributed by atoms with Crippen LogP contribution < -0.4 is 4.90 Å². The maximum absolute atomic E-state index is 11.9. The number of amides is 1. The molecule has 1 aliphatic rings. The van der Waals surface area contributed by atoms with Gasteiger partial charge in [-0.25, -0.2) is 0 Å². The van der Waals surface area contributed by atoms with Crippen molar-refractivity contribution in [3.63, 3.8) is 0 Å². The standard InChI is InChI=1S/C11H11ClINOS/c12-8-1-2-9(13)10(4-8)14-5-7(6-16)3-11(14)15/h1-2,4,7,16H,3,5-6H2. The molecule has 1 aromatic carbocycles. The van der Waals surface area contributed by atoms with Crippen LogP contribution in [0.15, 0.2) is 18.2 Å². The summed E-state index contributed by atoms with van der Waals surface area (Å²) < 4.78 is 1.05. The Morgan fingerprint density at radius 2 is 2.31 bits per heavy atom. The monoisotopic (exact) mass is 367 g/mol.